The molecule has 0 aliphatic rings. The number of nitrogens with zero attached hydrogens (tertiary/aromatic N) is 1. The summed E-state index contributed by atoms with van der Waals surface area (Å²) in [5.41, 5.74) is 6.92. The molecule has 0 bridgehead atoms. The Morgan fingerprint density at radius 2 is 1.79 bits per heavy atom. The van der Waals surface area contributed by atoms with E-state index < -0.39 is 6.04 Å². The van der Waals surface area contributed by atoms with Crippen LogP contribution in [0.15, 0.2) is 24.3 Å². The maximum absolute atomic E-state index is 12.2. The van der Waals surface area contributed by atoms with Crippen molar-refractivity contribution in [3.63, 3.8) is 0 Å². The fourth-order valence-electron chi connectivity index (χ4n) is 1.88. The van der Waals surface area contributed by atoms with E-state index in [0.717, 1.165) is 5.56 Å². The molecule has 1 unspecified atom stereocenters. The fourth-order valence-corrected chi connectivity index (χ4v) is 1.88. The van der Waals surface area contributed by atoms with Crippen molar-refractivity contribution in [3.8, 4) is 5.75 Å². The first-order chi connectivity index (χ1) is 8.82. The van der Waals surface area contributed by atoms with Gasteiger partial charge in [-0.15, -0.1) is 0 Å². The molecule has 0 saturated carbocycles. The molecule has 0 aliphatic carbocycles. The number of hydrogen-bond donors (Lipinski definition) is 2. The number of hydrogen-bond acceptors (Lipinski definition) is 3. The summed E-state index contributed by atoms with van der Waals surface area (Å²) in [7, 11) is 1.80. The molecular weight excluding hydrogens is 240 g/mol. The Morgan fingerprint density at radius 3 is 2.26 bits per heavy atom. The maximum atomic E-state index is 12.2. The molecule has 1 aromatic rings. The van der Waals surface area contributed by atoms with Gasteiger partial charge in [-0.3, -0.25) is 4.79 Å². The van der Waals surface area contributed by atoms with Gasteiger partial charge in [0.25, 0.3) is 0 Å². The second-order valence-corrected chi connectivity index (χ2v) is 5.41. The molecule has 0 fully saturated rings. The van der Waals surface area contributed by atoms with Gasteiger partial charge in [0, 0.05) is 13.1 Å². The molecule has 19 heavy (non-hydrogen) atoms. The number of nitrogens with two attached hydrogens (primary N) is 1. The standard InChI is InChI=1S/C15H24N2O2/c1-10(2)11(3)17(4)15(19)14(16)9-12-5-7-13(18)8-6-12/h5-8,10-11,14,18H,9,16H2,1-4H3/t11?,14-/m0/s1. The van der Waals surface area contributed by atoms with E-state index >= 15 is 0 Å². The second kappa shape index (κ2) is 6.57. The lowest BCUT2D eigenvalue weighted by atomic mass is 10.0. The Labute approximate surface area is 115 Å². The topological polar surface area (TPSA) is 66.6 Å². The number of phenolic OH excluding ortho intramolecular Hbond substituents is 1. The smallest absolute Gasteiger partial charge is 0.239 e. The molecule has 0 aliphatic heterocycles. The van der Waals surface area contributed by atoms with Crippen molar-refractivity contribution in [3.05, 3.63) is 29.8 Å². The van der Waals surface area contributed by atoms with Crippen molar-refractivity contribution in [2.45, 2.75) is 39.3 Å². The number of benzene rings is 1. The van der Waals surface area contributed by atoms with E-state index in [2.05, 4.69) is 13.8 Å². The van der Waals surface area contributed by atoms with Crippen molar-refractivity contribution in [1.82, 2.24) is 4.90 Å². The van der Waals surface area contributed by atoms with Gasteiger partial charge in [0.15, 0.2) is 0 Å². The van der Waals surface area contributed by atoms with Crippen molar-refractivity contribution in [2.75, 3.05) is 7.05 Å². The predicted octanol–water partition coefficient (Wildman–Crippen LogP) is 1.76. The lowest BCUT2D eigenvalue weighted by molar-refractivity contribution is -0.133. The Morgan fingerprint density at radius 1 is 1.26 bits per heavy atom. The maximum Gasteiger partial charge on any atom is 0.239 e. The van der Waals surface area contributed by atoms with Crippen LogP contribution in [-0.2, 0) is 11.2 Å². The van der Waals surface area contributed by atoms with Gasteiger partial charge in [-0.2, -0.15) is 0 Å². The molecule has 0 saturated heterocycles. The number of rotatable bonds is 5. The molecule has 2 atom stereocenters. The first kappa shape index (κ1) is 15.5. The van der Waals surface area contributed by atoms with Crippen LogP contribution in [0.4, 0.5) is 0 Å². The number of carbonyl (C=O) groups excluding carboxylic acids is 1. The zero-order chi connectivity index (χ0) is 14.6. The van der Waals surface area contributed by atoms with Crippen molar-refractivity contribution >= 4 is 5.91 Å². The van der Waals surface area contributed by atoms with E-state index in [1.165, 1.54) is 0 Å². The second-order valence-electron chi connectivity index (χ2n) is 5.41. The summed E-state index contributed by atoms with van der Waals surface area (Å²) in [5, 5.41) is 9.22. The zero-order valence-corrected chi connectivity index (χ0v) is 12.1. The summed E-state index contributed by atoms with van der Waals surface area (Å²) in [5.74, 6) is 0.568. The lowest BCUT2D eigenvalue weighted by Gasteiger charge is -2.30. The van der Waals surface area contributed by atoms with Crippen LogP contribution in [0.2, 0.25) is 0 Å². The first-order valence-electron chi connectivity index (χ1n) is 6.63. The normalized spacial score (nSPS) is 14.2. The molecule has 1 rings (SSSR count). The molecule has 1 aromatic carbocycles. The number of amides is 1. The van der Waals surface area contributed by atoms with Gasteiger partial charge < -0.3 is 15.7 Å². The van der Waals surface area contributed by atoms with Crippen molar-refractivity contribution < 1.29 is 9.90 Å². The minimum absolute atomic E-state index is 0.0470. The SMILES string of the molecule is CC(C)C(C)N(C)C(=O)[C@@H](N)Cc1ccc(O)cc1. The van der Waals surface area contributed by atoms with Crippen LogP contribution < -0.4 is 5.73 Å². The van der Waals surface area contributed by atoms with Gasteiger partial charge in [-0.05, 0) is 37.0 Å². The number of aromatic hydroxyl groups is 1. The van der Waals surface area contributed by atoms with Crippen LogP contribution >= 0.6 is 0 Å². The van der Waals surface area contributed by atoms with E-state index in [0.29, 0.717) is 12.3 Å². The summed E-state index contributed by atoms with van der Waals surface area (Å²) < 4.78 is 0. The van der Waals surface area contributed by atoms with E-state index in [-0.39, 0.29) is 17.7 Å². The predicted molar refractivity (Wildman–Crippen MR) is 76.9 cm³/mol. The Hall–Kier alpha value is -1.55. The summed E-state index contributed by atoms with van der Waals surface area (Å²) in [6, 6.07) is 6.40. The molecule has 0 spiro atoms. The minimum Gasteiger partial charge on any atom is -0.508 e. The highest BCUT2D eigenvalue weighted by atomic mass is 16.3. The third-order valence-corrected chi connectivity index (χ3v) is 3.63. The molecule has 0 aromatic heterocycles. The molecule has 3 N–H and O–H groups in total. The molecule has 0 heterocycles. The molecule has 0 radical (unpaired) electrons. The fraction of sp³-hybridized carbons (Fsp3) is 0.533. The number of phenols is 1. The van der Waals surface area contributed by atoms with E-state index in [9.17, 15) is 9.90 Å². The van der Waals surface area contributed by atoms with Crippen LogP contribution in [0.1, 0.15) is 26.3 Å². The Kier molecular flexibility index (Phi) is 5.36. The van der Waals surface area contributed by atoms with Gasteiger partial charge in [-0.1, -0.05) is 26.0 Å². The van der Waals surface area contributed by atoms with Crippen LogP contribution in [0.5, 0.6) is 5.75 Å². The van der Waals surface area contributed by atoms with Crippen molar-refractivity contribution in [2.24, 2.45) is 11.7 Å². The summed E-state index contributed by atoms with van der Waals surface area (Å²) in [6.07, 6.45) is 0.480. The summed E-state index contributed by atoms with van der Waals surface area (Å²) in [6.45, 7) is 6.19. The minimum atomic E-state index is -0.546. The van der Waals surface area contributed by atoms with Gasteiger partial charge in [0.1, 0.15) is 5.75 Å². The zero-order valence-electron chi connectivity index (χ0n) is 12.1. The van der Waals surface area contributed by atoms with Gasteiger partial charge in [0.2, 0.25) is 5.91 Å². The highest BCUT2D eigenvalue weighted by molar-refractivity contribution is 5.82. The van der Waals surface area contributed by atoms with E-state index in [1.807, 2.05) is 6.92 Å². The van der Waals surface area contributed by atoms with Gasteiger partial charge in [-0.25, -0.2) is 0 Å². The summed E-state index contributed by atoms with van der Waals surface area (Å²) in [4.78, 5) is 13.9. The molecule has 4 heteroatoms. The van der Waals surface area contributed by atoms with Crippen LogP contribution in [0.3, 0.4) is 0 Å². The first-order valence-corrected chi connectivity index (χ1v) is 6.63. The highest BCUT2D eigenvalue weighted by Gasteiger charge is 2.23. The van der Waals surface area contributed by atoms with E-state index in [1.54, 1.807) is 36.2 Å². The lowest BCUT2D eigenvalue weighted by Crippen LogP contribution is -2.48. The van der Waals surface area contributed by atoms with Gasteiger partial charge >= 0.3 is 0 Å². The third-order valence-electron chi connectivity index (χ3n) is 3.63. The van der Waals surface area contributed by atoms with Crippen molar-refractivity contribution in [1.29, 1.82) is 0 Å². The Bertz CT molecular complexity index is 415. The van der Waals surface area contributed by atoms with Crippen LogP contribution in [-0.4, -0.2) is 35.0 Å². The van der Waals surface area contributed by atoms with Crippen LogP contribution in [0.25, 0.3) is 0 Å². The Balaban J connectivity index is 2.64. The van der Waals surface area contributed by atoms with Gasteiger partial charge in [0.05, 0.1) is 6.04 Å². The monoisotopic (exact) mass is 264 g/mol. The number of likely N-dealkylation sites (N-methyl/N-ethyl adjacent to an activating group) is 1. The largest absolute Gasteiger partial charge is 0.508 e. The molecule has 106 valence electrons. The molecule has 4 nitrogen and oxygen atoms in total. The van der Waals surface area contributed by atoms with Crippen LogP contribution in [0, 0.1) is 5.92 Å². The average Bonchev–Trinajstić information content (AvgIpc) is 2.38. The quantitative estimate of drug-likeness (QED) is 0.851. The molecule has 1 amide bonds. The molecular formula is C15H24N2O2. The third kappa shape index (κ3) is 4.24. The highest BCUT2D eigenvalue weighted by Crippen LogP contribution is 2.13. The number of carbonyl (C=O) groups is 1. The summed E-state index contributed by atoms with van der Waals surface area (Å²) >= 11 is 0. The average molecular weight is 264 g/mol. The van der Waals surface area contributed by atoms with E-state index in [4.69, 9.17) is 5.73 Å².